The molecule has 1 rings (SSSR count). The van der Waals surface area contributed by atoms with Gasteiger partial charge < -0.3 is 16.0 Å². The number of nitrogens with one attached hydrogen (secondary N) is 1. The number of carbonyl (C=O) groups excluding carboxylic acids is 1. The van der Waals surface area contributed by atoms with Crippen LogP contribution in [-0.4, -0.2) is 43.5 Å². The largest absolute Gasteiger partial charge is 0.355 e. The van der Waals surface area contributed by atoms with Crippen molar-refractivity contribution in [2.45, 2.75) is 46.0 Å². The van der Waals surface area contributed by atoms with Crippen molar-refractivity contribution in [2.24, 2.45) is 11.1 Å². The van der Waals surface area contributed by atoms with Crippen LogP contribution in [0.1, 0.15) is 46.0 Å². The van der Waals surface area contributed by atoms with Gasteiger partial charge in [-0.3, -0.25) is 4.79 Å². The number of hydrogen-bond donors (Lipinski definition) is 2. The zero-order valence-corrected chi connectivity index (χ0v) is 12.0. The third-order valence-electron chi connectivity index (χ3n) is 4.12. The van der Waals surface area contributed by atoms with Crippen LogP contribution in [-0.2, 0) is 4.79 Å². The van der Waals surface area contributed by atoms with E-state index >= 15 is 0 Å². The van der Waals surface area contributed by atoms with E-state index < -0.39 is 0 Å². The summed E-state index contributed by atoms with van der Waals surface area (Å²) in [5, 5.41) is 3.03. The molecule has 0 aromatic carbocycles. The smallest absolute Gasteiger partial charge is 0.220 e. The van der Waals surface area contributed by atoms with Crippen LogP contribution in [0.5, 0.6) is 0 Å². The van der Waals surface area contributed by atoms with Gasteiger partial charge in [0.2, 0.25) is 5.91 Å². The van der Waals surface area contributed by atoms with Gasteiger partial charge in [-0.25, -0.2) is 0 Å². The minimum absolute atomic E-state index is 0.123. The third kappa shape index (κ3) is 4.58. The Morgan fingerprint density at radius 3 is 2.50 bits per heavy atom. The van der Waals surface area contributed by atoms with Crippen molar-refractivity contribution in [1.29, 1.82) is 0 Å². The molecule has 0 radical (unpaired) electrons. The maximum atomic E-state index is 11.9. The van der Waals surface area contributed by atoms with E-state index in [0.717, 1.165) is 45.4 Å². The third-order valence-corrected chi connectivity index (χ3v) is 4.12. The van der Waals surface area contributed by atoms with Gasteiger partial charge in [-0.15, -0.1) is 0 Å². The Bertz CT molecular complexity index is 246. The van der Waals surface area contributed by atoms with Gasteiger partial charge in [0, 0.05) is 19.5 Å². The molecule has 106 valence electrons. The van der Waals surface area contributed by atoms with E-state index in [2.05, 4.69) is 24.1 Å². The number of nitrogens with two attached hydrogens (primary N) is 1. The first-order valence-electron chi connectivity index (χ1n) is 7.35. The lowest BCUT2D eigenvalue weighted by molar-refractivity contribution is -0.124. The molecule has 1 fully saturated rings. The van der Waals surface area contributed by atoms with E-state index in [0.29, 0.717) is 13.0 Å². The van der Waals surface area contributed by atoms with Crippen molar-refractivity contribution in [3.63, 3.8) is 0 Å². The first-order chi connectivity index (χ1) is 8.65. The van der Waals surface area contributed by atoms with Gasteiger partial charge in [0.25, 0.3) is 0 Å². The standard InChI is InChI=1S/C14H29N3O/c1-3-9-17(4-2)10-8-16-13(18)11-14(12-15)6-5-7-14/h3-12,15H2,1-2H3,(H,16,18). The van der Waals surface area contributed by atoms with Crippen molar-refractivity contribution in [2.75, 3.05) is 32.7 Å². The van der Waals surface area contributed by atoms with Crippen LogP contribution < -0.4 is 11.1 Å². The highest BCUT2D eigenvalue weighted by atomic mass is 16.1. The van der Waals surface area contributed by atoms with Crippen molar-refractivity contribution in [3.8, 4) is 0 Å². The molecule has 1 aliphatic rings. The molecule has 0 spiro atoms. The predicted octanol–water partition coefficient (Wildman–Crippen LogP) is 1.35. The van der Waals surface area contributed by atoms with Crippen LogP contribution in [0.2, 0.25) is 0 Å². The highest BCUT2D eigenvalue weighted by molar-refractivity contribution is 5.76. The van der Waals surface area contributed by atoms with Crippen molar-refractivity contribution >= 4 is 5.91 Å². The number of nitrogens with zero attached hydrogens (tertiary/aromatic N) is 1. The Hall–Kier alpha value is -0.610. The average molecular weight is 255 g/mol. The molecule has 1 amide bonds. The Morgan fingerprint density at radius 1 is 1.33 bits per heavy atom. The molecular formula is C14H29N3O. The molecule has 0 aromatic rings. The topological polar surface area (TPSA) is 58.4 Å². The normalized spacial score (nSPS) is 17.6. The Balaban J connectivity index is 2.16. The van der Waals surface area contributed by atoms with Crippen molar-refractivity contribution in [1.82, 2.24) is 10.2 Å². The van der Waals surface area contributed by atoms with Crippen LogP contribution in [0.4, 0.5) is 0 Å². The van der Waals surface area contributed by atoms with Crippen LogP contribution in [0.25, 0.3) is 0 Å². The summed E-state index contributed by atoms with van der Waals surface area (Å²) in [6.45, 7) is 8.87. The molecule has 0 bridgehead atoms. The maximum Gasteiger partial charge on any atom is 0.220 e. The highest BCUT2D eigenvalue weighted by Gasteiger charge is 2.37. The summed E-state index contributed by atoms with van der Waals surface area (Å²) >= 11 is 0. The SMILES string of the molecule is CCCN(CC)CCNC(=O)CC1(CN)CCC1. The van der Waals surface area contributed by atoms with E-state index in [4.69, 9.17) is 5.73 Å². The average Bonchev–Trinajstić information content (AvgIpc) is 2.32. The van der Waals surface area contributed by atoms with Gasteiger partial charge in [0.15, 0.2) is 0 Å². The number of amides is 1. The van der Waals surface area contributed by atoms with E-state index in [1.165, 1.54) is 6.42 Å². The second-order valence-corrected chi connectivity index (χ2v) is 5.52. The second-order valence-electron chi connectivity index (χ2n) is 5.52. The van der Waals surface area contributed by atoms with Gasteiger partial charge in [0.1, 0.15) is 0 Å². The molecule has 18 heavy (non-hydrogen) atoms. The fourth-order valence-corrected chi connectivity index (χ4v) is 2.63. The van der Waals surface area contributed by atoms with Crippen molar-refractivity contribution in [3.05, 3.63) is 0 Å². The molecule has 4 nitrogen and oxygen atoms in total. The summed E-state index contributed by atoms with van der Waals surface area (Å²) in [6, 6.07) is 0. The summed E-state index contributed by atoms with van der Waals surface area (Å²) in [7, 11) is 0. The summed E-state index contributed by atoms with van der Waals surface area (Å²) < 4.78 is 0. The van der Waals surface area contributed by atoms with Crippen molar-refractivity contribution < 1.29 is 4.79 Å². The van der Waals surface area contributed by atoms with Gasteiger partial charge in [-0.05, 0) is 44.3 Å². The molecule has 0 atom stereocenters. The minimum atomic E-state index is 0.123. The first-order valence-corrected chi connectivity index (χ1v) is 7.35. The number of carbonyl (C=O) groups is 1. The lowest BCUT2D eigenvalue weighted by Crippen LogP contribution is -2.43. The Labute approximate surface area is 111 Å². The zero-order chi connectivity index (χ0) is 13.4. The predicted molar refractivity (Wildman–Crippen MR) is 75.4 cm³/mol. The van der Waals surface area contributed by atoms with Gasteiger partial charge >= 0.3 is 0 Å². The fraction of sp³-hybridized carbons (Fsp3) is 0.929. The summed E-state index contributed by atoms with van der Waals surface area (Å²) in [4.78, 5) is 14.2. The molecule has 0 aromatic heterocycles. The second kappa shape index (κ2) is 7.74. The molecule has 0 heterocycles. The van der Waals surface area contributed by atoms with Crippen LogP contribution >= 0.6 is 0 Å². The molecule has 0 aliphatic heterocycles. The lowest BCUT2D eigenvalue weighted by atomic mass is 9.66. The Morgan fingerprint density at radius 2 is 2.06 bits per heavy atom. The molecular weight excluding hydrogens is 226 g/mol. The summed E-state index contributed by atoms with van der Waals surface area (Å²) in [5.41, 5.74) is 5.89. The van der Waals surface area contributed by atoms with Gasteiger partial charge in [0.05, 0.1) is 0 Å². The summed E-state index contributed by atoms with van der Waals surface area (Å²) in [6.07, 6.45) is 5.24. The van der Waals surface area contributed by atoms with E-state index in [1.54, 1.807) is 0 Å². The minimum Gasteiger partial charge on any atom is -0.355 e. The van der Waals surface area contributed by atoms with Crippen LogP contribution in [0.3, 0.4) is 0 Å². The molecule has 3 N–H and O–H groups in total. The molecule has 0 unspecified atom stereocenters. The van der Waals surface area contributed by atoms with E-state index in [9.17, 15) is 4.79 Å². The molecule has 4 heteroatoms. The quantitative estimate of drug-likeness (QED) is 0.654. The molecule has 0 saturated heterocycles. The van der Waals surface area contributed by atoms with E-state index in [1.807, 2.05) is 0 Å². The maximum absolute atomic E-state index is 11.9. The number of likely N-dealkylation sites (N-methyl/N-ethyl adjacent to an activating group) is 1. The fourth-order valence-electron chi connectivity index (χ4n) is 2.63. The molecule has 1 saturated carbocycles. The Kier molecular flexibility index (Phi) is 6.65. The monoisotopic (exact) mass is 255 g/mol. The summed E-state index contributed by atoms with van der Waals surface area (Å²) in [5.74, 6) is 0.174. The van der Waals surface area contributed by atoms with E-state index in [-0.39, 0.29) is 11.3 Å². The van der Waals surface area contributed by atoms with Crippen LogP contribution in [0.15, 0.2) is 0 Å². The van der Waals surface area contributed by atoms with Crippen LogP contribution in [0, 0.1) is 5.41 Å². The molecule has 1 aliphatic carbocycles. The highest BCUT2D eigenvalue weighted by Crippen LogP contribution is 2.42. The number of rotatable bonds is 9. The first kappa shape index (κ1) is 15.4. The zero-order valence-electron chi connectivity index (χ0n) is 12.0. The van der Waals surface area contributed by atoms with Gasteiger partial charge in [-0.1, -0.05) is 20.3 Å². The number of hydrogen-bond acceptors (Lipinski definition) is 3. The van der Waals surface area contributed by atoms with Gasteiger partial charge in [-0.2, -0.15) is 0 Å². The lowest BCUT2D eigenvalue weighted by Gasteiger charge is -2.40.